The quantitative estimate of drug-likeness (QED) is 0.754. The van der Waals surface area contributed by atoms with Crippen LogP contribution in [-0.4, -0.2) is 19.4 Å². The number of fused-ring (bicyclic) bond motifs is 1. The Kier molecular flexibility index (Phi) is 4.73. The molecule has 0 bridgehead atoms. The third-order valence-corrected chi connectivity index (χ3v) is 4.70. The minimum atomic E-state index is -0.537. The molecule has 130 valence electrons. The average molecular weight is 379 g/mol. The monoisotopic (exact) mass is 378 g/mol. The minimum Gasteiger partial charge on any atom is -0.323 e. The van der Waals surface area contributed by atoms with Crippen molar-refractivity contribution in [2.45, 2.75) is 26.9 Å². The van der Waals surface area contributed by atoms with Crippen molar-refractivity contribution >= 4 is 45.8 Å². The van der Waals surface area contributed by atoms with Gasteiger partial charge in [0.1, 0.15) is 6.54 Å². The fourth-order valence-electron chi connectivity index (χ4n) is 2.52. The average Bonchev–Trinajstić information content (AvgIpc) is 3.04. The molecule has 0 aliphatic carbocycles. The van der Waals surface area contributed by atoms with Crippen LogP contribution in [0.1, 0.15) is 12.5 Å². The number of hydrogen-bond donors (Lipinski definition) is 1. The van der Waals surface area contributed by atoms with E-state index in [0.717, 1.165) is 21.7 Å². The number of halogens is 1. The van der Waals surface area contributed by atoms with Crippen molar-refractivity contribution in [3.8, 4) is 0 Å². The van der Waals surface area contributed by atoms with Gasteiger partial charge in [-0.2, -0.15) is 4.37 Å². The molecule has 2 aromatic heterocycles. The molecule has 2 heterocycles. The SMILES string of the molecule is CCn1c(=O)c2nscc2n(CC(=O)Nc2ccc(C)cc2Cl)c1=O. The lowest BCUT2D eigenvalue weighted by Crippen LogP contribution is -2.41. The Morgan fingerprint density at radius 3 is 2.76 bits per heavy atom. The van der Waals surface area contributed by atoms with Crippen molar-refractivity contribution in [1.82, 2.24) is 13.5 Å². The molecule has 1 aromatic carbocycles. The fourth-order valence-corrected chi connectivity index (χ4v) is 3.47. The van der Waals surface area contributed by atoms with Crippen molar-refractivity contribution in [2.24, 2.45) is 0 Å². The molecule has 0 fully saturated rings. The number of carbonyl (C=O) groups excluding carboxylic acids is 1. The molecule has 0 spiro atoms. The zero-order valence-electron chi connectivity index (χ0n) is 13.6. The zero-order valence-corrected chi connectivity index (χ0v) is 15.1. The van der Waals surface area contributed by atoms with Crippen LogP contribution in [0.4, 0.5) is 5.69 Å². The van der Waals surface area contributed by atoms with E-state index in [1.807, 2.05) is 13.0 Å². The van der Waals surface area contributed by atoms with Gasteiger partial charge in [0, 0.05) is 11.9 Å². The normalized spacial score (nSPS) is 11.0. The molecule has 1 N–H and O–H groups in total. The van der Waals surface area contributed by atoms with Crippen LogP contribution in [0.15, 0.2) is 33.2 Å². The van der Waals surface area contributed by atoms with E-state index in [-0.39, 0.29) is 18.6 Å². The van der Waals surface area contributed by atoms with Gasteiger partial charge in [0.05, 0.1) is 16.2 Å². The van der Waals surface area contributed by atoms with Crippen molar-refractivity contribution in [1.29, 1.82) is 0 Å². The zero-order chi connectivity index (χ0) is 18.1. The largest absolute Gasteiger partial charge is 0.332 e. The Hall–Kier alpha value is -2.45. The Balaban J connectivity index is 1.97. The highest BCUT2D eigenvalue weighted by Crippen LogP contribution is 2.22. The highest BCUT2D eigenvalue weighted by atomic mass is 35.5. The lowest BCUT2D eigenvalue weighted by Gasteiger charge is -2.12. The van der Waals surface area contributed by atoms with Crippen LogP contribution >= 0.6 is 23.1 Å². The lowest BCUT2D eigenvalue weighted by atomic mass is 10.2. The summed E-state index contributed by atoms with van der Waals surface area (Å²) in [4.78, 5) is 37.1. The van der Waals surface area contributed by atoms with E-state index in [2.05, 4.69) is 9.69 Å². The summed E-state index contributed by atoms with van der Waals surface area (Å²) in [7, 11) is 0. The summed E-state index contributed by atoms with van der Waals surface area (Å²) >= 11 is 7.19. The summed E-state index contributed by atoms with van der Waals surface area (Å²) < 4.78 is 6.35. The second-order valence-corrected chi connectivity index (χ2v) is 6.53. The number of benzene rings is 1. The third-order valence-electron chi connectivity index (χ3n) is 3.77. The molecular formula is C16H15ClN4O3S. The van der Waals surface area contributed by atoms with E-state index in [1.165, 1.54) is 4.57 Å². The van der Waals surface area contributed by atoms with Crippen LogP contribution in [0.3, 0.4) is 0 Å². The Morgan fingerprint density at radius 2 is 2.08 bits per heavy atom. The van der Waals surface area contributed by atoms with Gasteiger partial charge < -0.3 is 5.32 Å². The van der Waals surface area contributed by atoms with Crippen molar-refractivity contribution in [3.63, 3.8) is 0 Å². The number of aryl methyl sites for hydroxylation is 1. The number of anilines is 1. The second kappa shape index (κ2) is 6.81. The number of hydrogen-bond acceptors (Lipinski definition) is 5. The predicted molar refractivity (Wildman–Crippen MR) is 98.6 cm³/mol. The standard InChI is InChI=1S/C16H15ClN4O3S/c1-3-20-15(23)14-12(8-25-19-14)21(16(20)24)7-13(22)18-11-5-4-9(2)6-10(11)17/h4-6,8H,3,7H2,1-2H3,(H,18,22). The van der Waals surface area contributed by atoms with Crippen molar-refractivity contribution in [2.75, 3.05) is 5.32 Å². The molecule has 9 heteroatoms. The van der Waals surface area contributed by atoms with Crippen LogP contribution in [0.2, 0.25) is 5.02 Å². The Bertz CT molecular complexity index is 1080. The lowest BCUT2D eigenvalue weighted by molar-refractivity contribution is -0.116. The maximum atomic E-state index is 12.5. The Labute approximate surface area is 151 Å². The van der Waals surface area contributed by atoms with Crippen LogP contribution in [0.5, 0.6) is 0 Å². The van der Waals surface area contributed by atoms with E-state index >= 15 is 0 Å². The van der Waals surface area contributed by atoms with Gasteiger partial charge in [0.25, 0.3) is 5.56 Å². The summed E-state index contributed by atoms with van der Waals surface area (Å²) in [6, 6.07) is 5.26. The number of nitrogens with one attached hydrogen (secondary N) is 1. The molecule has 0 saturated carbocycles. The molecule has 0 aliphatic heterocycles. The van der Waals surface area contributed by atoms with Crippen LogP contribution in [0.25, 0.3) is 11.0 Å². The number of amides is 1. The summed E-state index contributed by atoms with van der Waals surface area (Å²) in [5, 5.41) is 4.69. The summed E-state index contributed by atoms with van der Waals surface area (Å²) in [6.07, 6.45) is 0. The first kappa shape index (κ1) is 17.4. The molecule has 7 nitrogen and oxygen atoms in total. The topological polar surface area (TPSA) is 86.0 Å². The van der Waals surface area contributed by atoms with Gasteiger partial charge >= 0.3 is 5.69 Å². The number of aromatic nitrogens is 3. The molecule has 0 saturated heterocycles. The van der Waals surface area contributed by atoms with E-state index in [4.69, 9.17) is 11.6 Å². The summed E-state index contributed by atoms with van der Waals surface area (Å²) in [5.41, 5.74) is 1.00. The number of carbonyl (C=O) groups is 1. The van der Waals surface area contributed by atoms with Crippen LogP contribution in [0, 0.1) is 6.92 Å². The molecule has 3 rings (SSSR count). The van der Waals surface area contributed by atoms with Gasteiger partial charge in [0.15, 0.2) is 5.52 Å². The van der Waals surface area contributed by atoms with Crippen molar-refractivity contribution in [3.05, 3.63) is 55.0 Å². The van der Waals surface area contributed by atoms with E-state index < -0.39 is 17.2 Å². The van der Waals surface area contributed by atoms with Gasteiger partial charge in [-0.1, -0.05) is 17.7 Å². The highest BCUT2D eigenvalue weighted by Gasteiger charge is 2.17. The van der Waals surface area contributed by atoms with Gasteiger partial charge in [-0.05, 0) is 43.1 Å². The van der Waals surface area contributed by atoms with Gasteiger partial charge in [-0.25, -0.2) is 4.79 Å². The third kappa shape index (κ3) is 3.22. The fraction of sp³-hybridized carbons (Fsp3) is 0.250. The van der Waals surface area contributed by atoms with E-state index in [9.17, 15) is 14.4 Å². The summed E-state index contributed by atoms with van der Waals surface area (Å²) in [6.45, 7) is 3.55. The first-order chi connectivity index (χ1) is 11.9. The van der Waals surface area contributed by atoms with Gasteiger partial charge in [-0.15, -0.1) is 0 Å². The molecule has 0 aliphatic rings. The smallest absolute Gasteiger partial charge is 0.323 e. The highest BCUT2D eigenvalue weighted by molar-refractivity contribution is 7.04. The maximum Gasteiger partial charge on any atom is 0.332 e. The molecular weight excluding hydrogens is 364 g/mol. The predicted octanol–water partition coefficient (Wildman–Crippen LogP) is 2.24. The first-order valence-electron chi connectivity index (χ1n) is 7.56. The van der Waals surface area contributed by atoms with Crippen LogP contribution in [-0.2, 0) is 17.9 Å². The van der Waals surface area contributed by atoms with Crippen molar-refractivity contribution < 1.29 is 4.79 Å². The molecule has 0 unspecified atom stereocenters. The summed E-state index contributed by atoms with van der Waals surface area (Å²) in [5.74, 6) is -0.415. The first-order valence-corrected chi connectivity index (χ1v) is 8.77. The molecule has 3 aromatic rings. The van der Waals surface area contributed by atoms with E-state index in [0.29, 0.717) is 16.2 Å². The van der Waals surface area contributed by atoms with Gasteiger partial charge in [-0.3, -0.25) is 18.7 Å². The van der Waals surface area contributed by atoms with E-state index in [1.54, 1.807) is 24.4 Å². The molecule has 1 amide bonds. The van der Waals surface area contributed by atoms with Gasteiger partial charge in [0.2, 0.25) is 5.91 Å². The molecule has 0 atom stereocenters. The maximum absolute atomic E-state index is 12.5. The Morgan fingerprint density at radius 1 is 1.32 bits per heavy atom. The minimum absolute atomic E-state index is 0.188. The number of nitrogens with zero attached hydrogens (tertiary/aromatic N) is 3. The van der Waals surface area contributed by atoms with Crippen LogP contribution < -0.4 is 16.6 Å². The molecule has 0 radical (unpaired) electrons. The molecule has 25 heavy (non-hydrogen) atoms. The number of rotatable bonds is 4. The second-order valence-electron chi connectivity index (χ2n) is 5.50.